The van der Waals surface area contributed by atoms with Crippen LogP contribution < -0.4 is 9.47 Å². The average molecular weight is 435 g/mol. The molecule has 4 nitrogen and oxygen atoms in total. The summed E-state index contributed by atoms with van der Waals surface area (Å²) in [5, 5.41) is 7.08. The zero-order valence-electron chi connectivity index (χ0n) is 15.4. The van der Waals surface area contributed by atoms with Gasteiger partial charge in [-0.1, -0.05) is 58.4 Å². The van der Waals surface area contributed by atoms with Crippen molar-refractivity contribution >= 4 is 21.6 Å². The molecule has 0 fully saturated rings. The van der Waals surface area contributed by atoms with Crippen LogP contribution >= 0.6 is 15.9 Å². The lowest BCUT2D eigenvalue weighted by Crippen LogP contribution is -2.33. The van der Waals surface area contributed by atoms with E-state index in [0.717, 1.165) is 39.2 Å². The van der Waals surface area contributed by atoms with E-state index in [1.54, 1.807) is 7.11 Å². The van der Waals surface area contributed by atoms with Crippen molar-refractivity contribution in [3.8, 4) is 11.5 Å². The summed E-state index contributed by atoms with van der Waals surface area (Å²) < 4.78 is 13.1. The highest BCUT2D eigenvalue weighted by Gasteiger charge is 2.41. The Morgan fingerprint density at radius 3 is 2.46 bits per heavy atom. The van der Waals surface area contributed by atoms with Gasteiger partial charge in [0, 0.05) is 16.5 Å². The van der Waals surface area contributed by atoms with Crippen LogP contribution in [0, 0.1) is 0 Å². The van der Waals surface area contributed by atoms with Gasteiger partial charge < -0.3 is 9.47 Å². The second-order valence-corrected chi connectivity index (χ2v) is 7.82. The van der Waals surface area contributed by atoms with E-state index in [-0.39, 0.29) is 12.3 Å². The van der Waals surface area contributed by atoms with Gasteiger partial charge in [0.1, 0.15) is 11.5 Å². The van der Waals surface area contributed by atoms with E-state index >= 15 is 0 Å². The number of nitrogens with zero attached hydrogens (tertiary/aromatic N) is 2. The molecule has 0 aliphatic carbocycles. The van der Waals surface area contributed by atoms with Gasteiger partial charge in [-0.3, -0.25) is 0 Å². The Hall–Kier alpha value is -2.79. The number of hydrazone groups is 1. The van der Waals surface area contributed by atoms with E-state index in [4.69, 9.17) is 14.6 Å². The molecule has 5 heteroatoms. The lowest BCUT2D eigenvalue weighted by molar-refractivity contribution is -0.0203. The lowest BCUT2D eigenvalue weighted by Gasteiger charge is -2.38. The molecular weight excluding hydrogens is 416 g/mol. The maximum absolute atomic E-state index is 6.41. The van der Waals surface area contributed by atoms with Crippen LogP contribution in [-0.4, -0.2) is 17.8 Å². The first-order valence-corrected chi connectivity index (χ1v) is 10.0. The summed E-state index contributed by atoms with van der Waals surface area (Å²) in [5.41, 5.74) is 4.35. The van der Waals surface area contributed by atoms with E-state index in [1.165, 1.54) is 5.56 Å². The zero-order valence-corrected chi connectivity index (χ0v) is 17.0. The SMILES string of the molecule is COc1ccccc1C1Oc2ccccc2C2CC(c3ccc(Br)cc3)=NN21. The van der Waals surface area contributed by atoms with E-state index in [1.807, 2.05) is 36.4 Å². The molecule has 0 aromatic heterocycles. The second-order valence-electron chi connectivity index (χ2n) is 6.90. The van der Waals surface area contributed by atoms with Gasteiger partial charge in [0.05, 0.1) is 24.4 Å². The van der Waals surface area contributed by atoms with E-state index in [9.17, 15) is 0 Å². The Labute approximate surface area is 172 Å². The van der Waals surface area contributed by atoms with Crippen LogP contribution in [0.2, 0.25) is 0 Å². The minimum atomic E-state index is -0.330. The number of para-hydroxylation sites is 2. The number of ether oxygens (including phenoxy) is 2. The highest BCUT2D eigenvalue weighted by Crippen LogP contribution is 2.48. The molecule has 140 valence electrons. The van der Waals surface area contributed by atoms with Crippen molar-refractivity contribution in [3.63, 3.8) is 0 Å². The van der Waals surface area contributed by atoms with Crippen LogP contribution in [0.5, 0.6) is 11.5 Å². The summed E-state index contributed by atoms with van der Waals surface area (Å²) in [7, 11) is 1.69. The predicted molar refractivity (Wildman–Crippen MR) is 113 cm³/mol. The normalized spacial score (nSPS) is 20.1. The Balaban J connectivity index is 1.61. The molecule has 0 N–H and O–H groups in total. The standard InChI is InChI=1S/C23H19BrN2O2/c1-27-21-8-4-3-7-18(21)23-26-20(17-6-2-5-9-22(17)28-23)14-19(25-26)15-10-12-16(24)13-11-15/h2-13,20,23H,14H2,1H3. The Morgan fingerprint density at radius 2 is 1.68 bits per heavy atom. The minimum Gasteiger partial charge on any atom is -0.496 e. The van der Waals surface area contributed by atoms with Crippen LogP contribution in [0.1, 0.15) is 35.4 Å². The maximum atomic E-state index is 6.41. The Kier molecular flexibility index (Phi) is 4.32. The number of methoxy groups -OCH3 is 1. The summed E-state index contributed by atoms with van der Waals surface area (Å²) in [6.45, 7) is 0. The van der Waals surface area contributed by atoms with Gasteiger partial charge in [0.25, 0.3) is 0 Å². The molecule has 0 bridgehead atoms. The molecule has 0 saturated carbocycles. The molecule has 0 saturated heterocycles. The van der Waals surface area contributed by atoms with Gasteiger partial charge in [0.2, 0.25) is 6.23 Å². The number of hydrogen-bond acceptors (Lipinski definition) is 4. The number of halogens is 1. The highest BCUT2D eigenvalue weighted by molar-refractivity contribution is 9.10. The fraction of sp³-hybridized carbons (Fsp3) is 0.174. The molecule has 0 spiro atoms. The molecule has 0 amide bonds. The number of hydrogen-bond donors (Lipinski definition) is 0. The Bertz CT molecular complexity index is 1050. The summed E-state index contributed by atoms with van der Waals surface area (Å²) in [5.74, 6) is 1.71. The van der Waals surface area contributed by atoms with Crippen molar-refractivity contribution in [2.45, 2.75) is 18.7 Å². The smallest absolute Gasteiger partial charge is 0.217 e. The minimum absolute atomic E-state index is 0.138. The topological polar surface area (TPSA) is 34.1 Å². The third-order valence-corrected chi connectivity index (χ3v) is 5.81. The lowest BCUT2D eigenvalue weighted by atomic mass is 9.96. The summed E-state index contributed by atoms with van der Waals surface area (Å²) in [6.07, 6.45) is 0.511. The van der Waals surface area contributed by atoms with Crippen molar-refractivity contribution in [1.82, 2.24) is 5.01 Å². The zero-order chi connectivity index (χ0) is 19.1. The summed E-state index contributed by atoms with van der Waals surface area (Å²) >= 11 is 3.51. The van der Waals surface area contributed by atoms with Crippen molar-refractivity contribution in [3.05, 3.63) is 94.0 Å². The van der Waals surface area contributed by atoms with Gasteiger partial charge in [-0.15, -0.1) is 0 Å². The molecule has 28 heavy (non-hydrogen) atoms. The quantitative estimate of drug-likeness (QED) is 0.529. The molecule has 5 rings (SSSR count). The molecule has 0 radical (unpaired) electrons. The number of fused-ring (bicyclic) bond motifs is 3. The molecule has 2 unspecified atom stereocenters. The maximum Gasteiger partial charge on any atom is 0.217 e. The predicted octanol–water partition coefficient (Wildman–Crippen LogP) is 5.70. The first-order chi connectivity index (χ1) is 13.7. The molecule has 2 atom stereocenters. The van der Waals surface area contributed by atoms with Gasteiger partial charge in [-0.25, -0.2) is 5.01 Å². The molecule has 2 aliphatic rings. The second kappa shape index (κ2) is 6.99. The highest BCUT2D eigenvalue weighted by atomic mass is 79.9. The third kappa shape index (κ3) is 2.87. The average Bonchev–Trinajstić information content (AvgIpc) is 3.19. The van der Waals surface area contributed by atoms with E-state index < -0.39 is 0 Å². The van der Waals surface area contributed by atoms with Crippen LogP contribution in [-0.2, 0) is 0 Å². The van der Waals surface area contributed by atoms with Gasteiger partial charge in [-0.2, -0.15) is 5.10 Å². The summed E-state index contributed by atoms with van der Waals surface area (Å²) in [4.78, 5) is 0. The molecule has 3 aromatic carbocycles. The van der Waals surface area contributed by atoms with Gasteiger partial charge in [-0.05, 0) is 35.9 Å². The fourth-order valence-electron chi connectivity index (χ4n) is 3.93. The largest absolute Gasteiger partial charge is 0.496 e. The molecule has 2 heterocycles. The van der Waals surface area contributed by atoms with Crippen LogP contribution in [0.25, 0.3) is 0 Å². The van der Waals surface area contributed by atoms with Crippen LogP contribution in [0.4, 0.5) is 0 Å². The van der Waals surface area contributed by atoms with E-state index in [2.05, 4.69) is 57.3 Å². The summed E-state index contributed by atoms with van der Waals surface area (Å²) in [6, 6.07) is 24.7. The van der Waals surface area contributed by atoms with Crippen molar-refractivity contribution in [2.24, 2.45) is 5.10 Å². The van der Waals surface area contributed by atoms with Crippen LogP contribution in [0.15, 0.2) is 82.4 Å². The van der Waals surface area contributed by atoms with Gasteiger partial charge >= 0.3 is 0 Å². The van der Waals surface area contributed by atoms with Gasteiger partial charge in [0.15, 0.2) is 0 Å². The van der Waals surface area contributed by atoms with E-state index in [0.29, 0.717) is 0 Å². The van der Waals surface area contributed by atoms with Crippen molar-refractivity contribution in [1.29, 1.82) is 0 Å². The monoisotopic (exact) mass is 434 g/mol. The Morgan fingerprint density at radius 1 is 0.964 bits per heavy atom. The number of benzene rings is 3. The molecule has 3 aromatic rings. The fourth-order valence-corrected chi connectivity index (χ4v) is 4.19. The third-order valence-electron chi connectivity index (χ3n) is 5.28. The molecular formula is C23H19BrN2O2. The van der Waals surface area contributed by atoms with Crippen LogP contribution in [0.3, 0.4) is 0 Å². The van der Waals surface area contributed by atoms with Crippen molar-refractivity contribution in [2.75, 3.05) is 7.11 Å². The molecule has 2 aliphatic heterocycles. The first-order valence-electron chi connectivity index (χ1n) is 9.25. The first kappa shape index (κ1) is 17.3. The number of rotatable bonds is 3. The van der Waals surface area contributed by atoms with Crippen molar-refractivity contribution < 1.29 is 9.47 Å².